The van der Waals surface area contributed by atoms with Crippen LogP contribution < -0.4 is 5.32 Å². The Hall–Kier alpha value is -1.82. The Balaban J connectivity index is 2.83. The fourth-order valence-corrected chi connectivity index (χ4v) is 1.15. The van der Waals surface area contributed by atoms with Gasteiger partial charge in [-0.15, -0.1) is 0 Å². The van der Waals surface area contributed by atoms with E-state index in [1.165, 1.54) is 0 Å². The van der Waals surface area contributed by atoms with Crippen LogP contribution in [0.15, 0.2) is 18.2 Å². The third-order valence-electron chi connectivity index (χ3n) is 2.12. The van der Waals surface area contributed by atoms with Crippen LogP contribution in [-0.4, -0.2) is 5.91 Å². The maximum Gasteiger partial charge on any atom is 0.238 e. The van der Waals surface area contributed by atoms with Crippen LogP contribution in [0.5, 0.6) is 0 Å². The first-order chi connectivity index (χ1) is 6.65. The second-order valence-electron chi connectivity index (χ2n) is 3.13. The fraction of sp³-hybridized carbons (Fsp3) is 0.273. The molecule has 0 heterocycles. The minimum Gasteiger partial charge on any atom is -0.325 e. The van der Waals surface area contributed by atoms with Gasteiger partial charge in [0.15, 0.2) is 0 Å². The van der Waals surface area contributed by atoms with Gasteiger partial charge in [0, 0.05) is 5.69 Å². The second kappa shape index (κ2) is 4.43. The molecule has 0 saturated carbocycles. The van der Waals surface area contributed by atoms with E-state index in [-0.39, 0.29) is 12.3 Å². The number of hydrogen-bond acceptors (Lipinski definition) is 2. The highest BCUT2D eigenvalue weighted by atomic mass is 16.1. The largest absolute Gasteiger partial charge is 0.325 e. The number of carbonyl (C=O) groups excluding carboxylic acids is 1. The van der Waals surface area contributed by atoms with Crippen molar-refractivity contribution in [3.05, 3.63) is 29.3 Å². The van der Waals surface area contributed by atoms with E-state index in [1.54, 1.807) is 0 Å². The Bertz CT molecular complexity index is 391. The lowest BCUT2D eigenvalue weighted by atomic mass is 10.1. The van der Waals surface area contributed by atoms with E-state index in [0.29, 0.717) is 0 Å². The number of aryl methyl sites for hydroxylation is 1. The Morgan fingerprint density at radius 2 is 2.21 bits per heavy atom. The summed E-state index contributed by atoms with van der Waals surface area (Å²) in [6.07, 6.45) is -0.104. The minimum atomic E-state index is -0.263. The normalized spacial score (nSPS) is 9.21. The average Bonchev–Trinajstić information content (AvgIpc) is 2.13. The maximum absolute atomic E-state index is 11.1. The van der Waals surface area contributed by atoms with E-state index in [0.717, 1.165) is 16.8 Å². The summed E-state index contributed by atoms with van der Waals surface area (Å²) in [5, 5.41) is 11.0. The van der Waals surface area contributed by atoms with Crippen molar-refractivity contribution in [3.63, 3.8) is 0 Å². The predicted molar refractivity (Wildman–Crippen MR) is 54.8 cm³/mol. The number of hydrogen-bond donors (Lipinski definition) is 1. The quantitative estimate of drug-likeness (QED) is 0.773. The van der Waals surface area contributed by atoms with Gasteiger partial charge in [-0.25, -0.2) is 0 Å². The molecule has 0 spiro atoms. The molecule has 0 bridgehead atoms. The van der Waals surface area contributed by atoms with Crippen LogP contribution in [0, 0.1) is 25.2 Å². The van der Waals surface area contributed by atoms with Crippen LogP contribution in [0.1, 0.15) is 17.5 Å². The number of nitriles is 1. The molecule has 0 unspecified atom stereocenters. The first kappa shape index (κ1) is 10.3. The molecular weight excluding hydrogens is 176 g/mol. The standard InChI is InChI=1S/C11H12N2O/c1-8-4-3-5-10(9(8)2)13-11(14)6-7-12/h3-5H,6H2,1-2H3,(H,13,14). The van der Waals surface area contributed by atoms with Crippen LogP contribution in [-0.2, 0) is 4.79 Å². The molecule has 0 aliphatic rings. The van der Waals surface area contributed by atoms with E-state index in [2.05, 4.69) is 5.32 Å². The summed E-state index contributed by atoms with van der Waals surface area (Å²) in [7, 11) is 0. The van der Waals surface area contributed by atoms with Gasteiger partial charge in [-0.3, -0.25) is 4.79 Å². The first-order valence-electron chi connectivity index (χ1n) is 4.38. The lowest BCUT2D eigenvalue weighted by Gasteiger charge is -2.08. The van der Waals surface area contributed by atoms with Crippen LogP contribution in [0.25, 0.3) is 0 Å². The molecule has 0 saturated heterocycles. The highest BCUT2D eigenvalue weighted by Crippen LogP contribution is 2.17. The number of anilines is 1. The van der Waals surface area contributed by atoms with Crippen molar-refractivity contribution in [2.24, 2.45) is 0 Å². The molecule has 1 rings (SSSR count). The summed E-state index contributed by atoms with van der Waals surface area (Å²) in [6, 6.07) is 7.50. The topological polar surface area (TPSA) is 52.9 Å². The van der Waals surface area contributed by atoms with Crippen molar-refractivity contribution < 1.29 is 4.79 Å². The SMILES string of the molecule is Cc1cccc(NC(=O)CC#N)c1C. The third kappa shape index (κ3) is 2.33. The van der Waals surface area contributed by atoms with Crippen LogP contribution in [0.3, 0.4) is 0 Å². The van der Waals surface area contributed by atoms with Gasteiger partial charge in [-0.05, 0) is 31.0 Å². The summed E-state index contributed by atoms with van der Waals surface area (Å²) in [5.74, 6) is -0.263. The maximum atomic E-state index is 11.1. The van der Waals surface area contributed by atoms with Crippen molar-refractivity contribution in [2.45, 2.75) is 20.3 Å². The molecule has 0 aromatic heterocycles. The molecule has 3 heteroatoms. The van der Waals surface area contributed by atoms with Crippen LogP contribution in [0.4, 0.5) is 5.69 Å². The minimum absolute atomic E-state index is 0.104. The Morgan fingerprint density at radius 1 is 1.50 bits per heavy atom. The summed E-state index contributed by atoms with van der Waals surface area (Å²) < 4.78 is 0. The highest BCUT2D eigenvalue weighted by molar-refractivity contribution is 5.92. The van der Waals surface area contributed by atoms with Gasteiger partial charge in [-0.1, -0.05) is 12.1 Å². The molecule has 1 amide bonds. The number of nitrogens with zero attached hydrogens (tertiary/aromatic N) is 1. The van der Waals surface area contributed by atoms with E-state index < -0.39 is 0 Å². The number of amides is 1. The zero-order chi connectivity index (χ0) is 10.6. The third-order valence-corrected chi connectivity index (χ3v) is 2.12. The molecule has 1 aromatic carbocycles. The summed E-state index contributed by atoms with van der Waals surface area (Å²) >= 11 is 0. The highest BCUT2D eigenvalue weighted by Gasteiger charge is 2.04. The zero-order valence-corrected chi connectivity index (χ0v) is 8.29. The van der Waals surface area contributed by atoms with E-state index in [4.69, 9.17) is 5.26 Å². The number of carbonyl (C=O) groups is 1. The second-order valence-corrected chi connectivity index (χ2v) is 3.13. The molecule has 0 fully saturated rings. The molecule has 72 valence electrons. The van der Waals surface area contributed by atoms with E-state index in [9.17, 15) is 4.79 Å². The first-order valence-corrected chi connectivity index (χ1v) is 4.38. The van der Waals surface area contributed by atoms with E-state index in [1.807, 2.05) is 38.1 Å². The number of benzene rings is 1. The van der Waals surface area contributed by atoms with Crippen molar-refractivity contribution >= 4 is 11.6 Å². The number of rotatable bonds is 2. The molecule has 1 N–H and O–H groups in total. The van der Waals surface area contributed by atoms with Crippen LogP contribution >= 0.6 is 0 Å². The Morgan fingerprint density at radius 3 is 2.86 bits per heavy atom. The van der Waals surface area contributed by atoms with Gasteiger partial charge in [0.05, 0.1) is 6.07 Å². The van der Waals surface area contributed by atoms with Gasteiger partial charge >= 0.3 is 0 Å². The van der Waals surface area contributed by atoms with Crippen molar-refractivity contribution in [3.8, 4) is 6.07 Å². The zero-order valence-electron chi connectivity index (χ0n) is 8.29. The molecule has 14 heavy (non-hydrogen) atoms. The van der Waals surface area contributed by atoms with Crippen molar-refractivity contribution in [1.29, 1.82) is 5.26 Å². The lowest BCUT2D eigenvalue weighted by Crippen LogP contribution is -2.11. The summed E-state index contributed by atoms with van der Waals surface area (Å²) in [4.78, 5) is 11.1. The van der Waals surface area contributed by atoms with Gasteiger partial charge in [0.1, 0.15) is 6.42 Å². The molecule has 0 radical (unpaired) electrons. The average molecular weight is 188 g/mol. The van der Waals surface area contributed by atoms with E-state index >= 15 is 0 Å². The Kier molecular flexibility index (Phi) is 3.24. The molecule has 3 nitrogen and oxygen atoms in total. The molecule has 0 atom stereocenters. The molecule has 1 aromatic rings. The summed E-state index contributed by atoms with van der Waals surface area (Å²) in [5.41, 5.74) is 2.95. The van der Waals surface area contributed by atoms with Gasteiger partial charge < -0.3 is 5.32 Å². The van der Waals surface area contributed by atoms with Crippen molar-refractivity contribution in [1.82, 2.24) is 0 Å². The monoisotopic (exact) mass is 188 g/mol. The van der Waals surface area contributed by atoms with Gasteiger partial charge in [0.2, 0.25) is 5.91 Å². The van der Waals surface area contributed by atoms with Gasteiger partial charge in [-0.2, -0.15) is 5.26 Å². The molecule has 0 aliphatic carbocycles. The number of nitrogens with one attached hydrogen (secondary N) is 1. The summed E-state index contributed by atoms with van der Waals surface area (Å²) in [6.45, 7) is 3.92. The lowest BCUT2D eigenvalue weighted by molar-refractivity contribution is -0.115. The Labute approximate surface area is 83.4 Å². The van der Waals surface area contributed by atoms with Gasteiger partial charge in [0.25, 0.3) is 0 Å². The predicted octanol–water partition coefficient (Wildman–Crippen LogP) is 2.16. The van der Waals surface area contributed by atoms with Crippen molar-refractivity contribution in [2.75, 3.05) is 5.32 Å². The molecular formula is C11H12N2O. The fourth-order valence-electron chi connectivity index (χ4n) is 1.15. The smallest absolute Gasteiger partial charge is 0.238 e. The van der Waals surface area contributed by atoms with Crippen LogP contribution in [0.2, 0.25) is 0 Å². The molecule has 0 aliphatic heterocycles.